The Morgan fingerprint density at radius 2 is 1.85 bits per heavy atom. The molecule has 0 unspecified atom stereocenters. The van der Waals surface area contributed by atoms with Gasteiger partial charge in [-0.05, 0) is 48.5 Å². The van der Waals surface area contributed by atoms with Crippen LogP contribution in [0.3, 0.4) is 0 Å². The molecule has 0 radical (unpaired) electrons. The first-order valence-corrected chi connectivity index (χ1v) is 9.97. The zero-order valence-corrected chi connectivity index (χ0v) is 16.1. The van der Waals surface area contributed by atoms with Crippen molar-refractivity contribution in [1.29, 1.82) is 0 Å². The van der Waals surface area contributed by atoms with Crippen LogP contribution in [0.5, 0.6) is 0 Å². The number of hydrogen-bond donors (Lipinski definition) is 2. The topological polar surface area (TPSA) is 88.4 Å². The molecule has 0 aliphatic heterocycles. The van der Waals surface area contributed by atoms with Gasteiger partial charge in [0.05, 0.1) is 17.8 Å². The van der Waals surface area contributed by atoms with Crippen molar-refractivity contribution >= 4 is 44.8 Å². The van der Waals surface area contributed by atoms with E-state index in [1.807, 2.05) is 0 Å². The SMILES string of the molecule is O=C(NCc1ccco1)c1cccc(NS(=O)(=O)c2cc(Cl)ccc2Cl)c1. The molecule has 2 aromatic carbocycles. The normalized spacial score (nSPS) is 11.2. The molecule has 3 aromatic rings. The second kappa shape index (κ2) is 8.04. The summed E-state index contributed by atoms with van der Waals surface area (Å²) >= 11 is 11.8. The minimum absolute atomic E-state index is 0.0410. The smallest absolute Gasteiger partial charge is 0.263 e. The van der Waals surface area contributed by atoms with Gasteiger partial charge in [0, 0.05) is 16.3 Å². The first kappa shape index (κ1) is 19.3. The predicted molar refractivity (Wildman–Crippen MR) is 104 cm³/mol. The molecule has 9 heteroatoms. The van der Waals surface area contributed by atoms with Gasteiger partial charge >= 0.3 is 0 Å². The Labute approximate surface area is 166 Å². The minimum Gasteiger partial charge on any atom is -0.467 e. The lowest BCUT2D eigenvalue weighted by Crippen LogP contribution is -2.22. The zero-order valence-electron chi connectivity index (χ0n) is 13.8. The molecule has 0 bridgehead atoms. The Morgan fingerprint density at radius 1 is 1.04 bits per heavy atom. The van der Waals surface area contributed by atoms with Crippen LogP contribution in [0.15, 0.2) is 70.2 Å². The number of benzene rings is 2. The predicted octanol–water partition coefficient (Wildman–Crippen LogP) is 4.32. The monoisotopic (exact) mass is 424 g/mol. The van der Waals surface area contributed by atoms with Crippen LogP contribution < -0.4 is 10.0 Å². The summed E-state index contributed by atoms with van der Waals surface area (Å²) in [5.74, 6) is 0.240. The molecule has 3 rings (SSSR count). The minimum atomic E-state index is -3.97. The first-order chi connectivity index (χ1) is 12.8. The van der Waals surface area contributed by atoms with Crippen molar-refractivity contribution in [1.82, 2.24) is 5.32 Å². The maximum atomic E-state index is 12.6. The van der Waals surface area contributed by atoms with Crippen LogP contribution in [-0.4, -0.2) is 14.3 Å². The van der Waals surface area contributed by atoms with Crippen molar-refractivity contribution in [3.05, 3.63) is 82.2 Å². The van der Waals surface area contributed by atoms with Gasteiger partial charge < -0.3 is 9.73 Å². The van der Waals surface area contributed by atoms with Gasteiger partial charge in [0.25, 0.3) is 15.9 Å². The summed E-state index contributed by atoms with van der Waals surface area (Å²) < 4.78 is 32.7. The highest BCUT2D eigenvalue weighted by Gasteiger charge is 2.19. The molecule has 0 fully saturated rings. The van der Waals surface area contributed by atoms with Gasteiger partial charge in [0.1, 0.15) is 10.7 Å². The van der Waals surface area contributed by atoms with E-state index < -0.39 is 10.0 Å². The van der Waals surface area contributed by atoms with E-state index in [1.54, 1.807) is 24.3 Å². The van der Waals surface area contributed by atoms with Crippen LogP contribution in [0.25, 0.3) is 0 Å². The summed E-state index contributed by atoms with van der Waals surface area (Å²) in [6, 6.07) is 13.7. The van der Waals surface area contributed by atoms with E-state index >= 15 is 0 Å². The number of rotatable bonds is 6. The Bertz CT molecular complexity index is 1070. The molecule has 27 heavy (non-hydrogen) atoms. The number of hydrogen-bond acceptors (Lipinski definition) is 4. The van der Waals surface area contributed by atoms with E-state index in [0.717, 1.165) is 0 Å². The van der Waals surface area contributed by atoms with Gasteiger partial charge in [-0.1, -0.05) is 29.3 Å². The summed E-state index contributed by atoms with van der Waals surface area (Å²) in [7, 11) is -3.97. The quantitative estimate of drug-likeness (QED) is 0.616. The van der Waals surface area contributed by atoms with E-state index in [9.17, 15) is 13.2 Å². The third-order valence-corrected chi connectivity index (χ3v) is 5.66. The van der Waals surface area contributed by atoms with Crippen LogP contribution >= 0.6 is 23.2 Å². The Balaban J connectivity index is 1.77. The number of furan rings is 1. The zero-order chi connectivity index (χ0) is 19.4. The van der Waals surface area contributed by atoms with Crippen molar-refractivity contribution in [3.8, 4) is 0 Å². The maximum Gasteiger partial charge on any atom is 0.263 e. The summed E-state index contributed by atoms with van der Waals surface area (Å²) in [5.41, 5.74) is 0.510. The maximum absolute atomic E-state index is 12.6. The van der Waals surface area contributed by atoms with Crippen molar-refractivity contribution in [2.24, 2.45) is 0 Å². The lowest BCUT2D eigenvalue weighted by Gasteiger charge is -2.11. The van der Waals surface area contributed by atoms with E-state index in [2.05, 4.69) is 10.0 Å². The largest absolute Gasteiger partial charge is 0.467 e. The van der Waals surface area contributed by atoms with Gasteiger partial charge in [-0.2, -0.15) is 0 Å². The van der Waals surface area contributed by atoms with E-state index in [0.29, 0.717) is 11.3 Å². The molecule has 0 saturated carbocycles. The number of sulfonamides is 1. The van der Waals surface area contributed by atoms with Gasteiger partial charge in [-0.3, -0.25) is 9.52 Å². The number of carbonyl (C=O) groups is 1. The third-order valence-electron chi connectivity index (χ3n) is 3.56. The molecule has 6 nitrogen and oxygen atoms in total. The van der Waals surface area contributed by atoms with Gasteiger partial charge in [-0.15, -0.1) is 0 Å². The molecule has 2 N–H and O–H groups in total. The summed E-state index contributed by atoms with van der Waals surface area (Å²) in [4.78, 5) is 12.1. The highest BCUT2D eigenvalue weighted by Crippen LogP contribution is 2.27. The lowest BCUT2D eigenvalue weighted by molar-refractivity contribution is 0.0948. The van der Waals surface area contributed by atoms with Crippen molar-refractivity contribution < 1.29 is 17.6 Å². The van der Waals surface area contributed by atoms with Crippen LogP contribution in [0.1, 0.15) is 16.1 Å². The molecule has 0 saturated heterocycles. The molecule has 0 aliphatic carbocycles. The third kappa shape index (κ3) is 4.82. The van der Waals surface area contributed by atoms with Gasteiger partial charge in [0.15, 0.2) is 0 Å². The second-order valence-electron chi connectivity index (χ2n) is 5.52. The fourth-order valence-corrected chi connectivity index (χ4v) is 4.11. The molecule has 1 heterocycles. The molecule has 1 amide bonds. The van der Waals surface area contributed by atoms with E-state index in [4.69, 9.17) is 27.6 Å². The van der Waals surface area contributed by atoms with Crippen molar-refractivity contribution in [3.63, 3.8) is 0 Å². The van der Waals surface area contributed by atoms with Crippen LogP contribution in [0.4, 0.5) is 5.69 Å². The van der Waals surface area contributed by atoms with E-state index in [1.165, 1.54) is 36.6 Å². The highest BCUT2D eigenvalue weighted by atomic mass is 35.5. The average molecular weight is 425 g/mol. The van der Waals surface area contributed by atoms with Crippen LogP contribution in [-0.2, 0) is 16.6 Å². The Kier molecular flexibility index (Phi) is 5.74. The van der Waals surface area contributed by atoms with Crippen molar-refractivity contribution in [2.75, 3.05) is 4.72 Å². The van der Waals surface area contributed by atoms with Crippen LogP contribution in [0, 0.1) is 0 Å². The molecular formula is C18H14Cl2N2O4S. The van der Waals surface area contributed by atoms with Gasteiger partial charge in [-0.25, -0.2) is 8.42 Å². The Hall–Kier alpha value is -2.48. The second-order valence-corrected chi connectivity index (χ2v) is 8.02. The highest BCUT2D eigenvalue weighted by molar-refractivity contribution is 7.92. The summed E-state index contributed by atoms with van der Waals surface area (Å²) in [6.45, 7) is 0.222. The standard InChI is InChI=1S/C18H14Cl2N2O4S/c19-13-6-7-16(20)17(10-13)27(24,25)22-14-4-1-3-12(9-14)18(23)21-11-15-5-2-8-26-15/h1-10,22H,11H2,(H,21,23). The van der Waals surface area contributed by atoms with Gasteiger partial charge in [0.2, 0.25) is 0 Å². The molecule has 0 aliphatic rings. The Morgan fingerprint density at radius 3 is 2.59 bits per heavy atom. The van der Waals surface area contributed by atoms with E-state index in [-0.39, 0.29) is 33.1 Å². The number of amides is 1. The molecule has 140 valence electrons. The molecule has 1 aromatic heterocycles. The average Bonchev–Trinajstić information content (AvgIpc) is 3.15. The van der Waals surface area contributed by atoms with Crippen LogP contribution in [0.2, 0.25) is 10.0 Å². The molecule has 0 spiro atoms. The summed E-state index contributed by atoms with van der Waals surface area (Å²) in [6.07, 6.45) is 1.51. The fraction of sp³-hybridized carbons (Fsp3) is 0.0556. The fourth-order valence-electron chi connectivity index (χ4n) is 2.30. The molecule has 0 atom stereocenters. The number of nitrogens with one attached hydrogen (secondary N) is 2. The molecular weight excluding hydrogens is 411 g/mol. The van der Waals surface area contributed by atoms with Crippen molar-refractivity contribution in [2.45, 2.75) is 11.4 Å². The first-order valence-electron chi connectivity index (χ1n) is 7.74. The number of halogens is 2. The number of carbonyl (C=O) groups excluding carboxylic acids is 1. The summed E-state index contributed by atoms with van der Waals surface area (Å²) in [5, 5.41) is 2.97. The lowest BCUT2D eigenvalue weighted by atomic mass is 10.2. The number of anilines is 1.